The Bertz CT molecular complexity index is 561. The lowest BCUT2D eigenvalue weighted by Gasteiger charge is -2.05. The van der Waals surface area contributed by atoms with Gasteiger partial charge in [0.1, 0.15) is 4.88 Å². The van der Waals surface area contributed by atoms with Crippen LogP contribution in [0.5, 0.6) is 0 Å². The van der Waals surface area contributed by atoms with Gasteiger partial charge >= 0.3 is 0 Å². The minimum absolute atomic E-state index is 0.0445. The largest absolute Gasteiger partial charge is 0.395 e. The summed E-state index contributed by atoms with van der Waals surface area (Å²) in [6, 6.07) is 2.05. The highest BCUT2D eigenvalue weighted by Gasteiger charge is 2.65. The summed E-state index contributed by atoms with van der Waals surface area (Å²) < 4.78 is 0. The Morgan fingerprint density at radius 3 is 2.60 bits per heavy atom. The third-order valence-electron chi connectivity index (χ3n) is 4.63. The Morgan fingerprint density at radius 1 is 1.40 bits per heavy atom. The average molecular weight is 291 g/mol. The molecule has 2 N–H and O–H groups in total. The molecule has 0 spiro atoms. The van der Waals surface area contributed by atoms with Crippen molar-refractivity contribution in [2.45, 2.75) is 40.2 Å². The number of thiophene rings is 1. The van der Waals surface area contributed by atoms with E-state index in [4.69, 9.17) is 5.11 Å². The van der Waals surface area contributed by atoms with E-state index in [-0.39, 0.29) is 29.4 Å². The number of carbonyl (C=O) groups excluding carboxylic acids is 1. The van der Waals surface area contributed by atoms with E-state index in [2.05, 4.69) is 44.9 Å². The van der Waals surface area contributed by atoms with Crippen molar-refractivity contribution >= 4 is 17.2 Å². The second-order valence-corrected chi connectivity index (χ2v) is 7.20. The molecule has 1 saturated carbocycles. The first-order valence-electron chi connectivity index (χ1n) is 6.80. The average Bonchev–Trinajstić information content (AvgIpc) is 2.77. The maximum atomic E-state index is 12.4. The number of hydrogen-bond donors (Lipinski definition) is 2. The predicted octanol–water partition coefficient (Wildman–Crippen LogP) is 2.65. The zero-order valence-electron chi connectivity index (χ0n) is 12.4. The molecule has 0 bridgehead atoms. The van der Waals surface area contributed by atoms with Crippen molar-refractivity contribution < 1.29 is 9.90 Å². The number of rotatable bonds is 3. The summed E-state index contributed by atoms with van der Waals surface area (Å²) in [6.07, 6.45) is 0.430. The molecule has 3 nitrogen and oxygen atoms in total. The lowest BCUT2D eigenvalue weighted by molar-refractivity contribution is 0.0947. The first-order valence-corrected chi connectivity index (χ1v) is 7.68. The molecule has 0 aromatic carbocycles. The Balaban J connectivity index is 2.09. The zero-order chi connectivity index (χ0) is 15.0. The molecule has 1 heterocycles. The number of hydrogen-bond acceptors (Lipinski definition) is 3. The van der Waals surface area contributed by atoms with Crippen LogP contribution in [-0.4, -0.2) is 23.7 Å². The first-order chi connectivity index (χ1) is 9.32. The van der Waals surface area contributed by atoms with Gasteiger partial charge in [0, 0.05) is 18.0 Å². The summed E-state index contributed by atoms with van der Waals surface area (Å²) in [6.45, 7) is 8.74. The topological polar surface area (TPSA) is 49.3 Å². The van der Waals surface area contributed by atoms with Crippen molar-refractivity contribution in [1.82, 2.24) is 5.32 Å². The van der Waals surface area contributed by atoms with Crippen LogP contribution in [0.25, 0.3) is 0 Å². The monoisotopic (exact) mass is 291 g/mol. The predicted molar refractivity (Wildman–Crippen MR) is 81.7 cm³/mol. The third-order valence-corrected chi connectivity index (χ3v) is 5.54. The van der Waals surface area contributed by atoms with Gasteiger partial charge in [0.05, 0.1) is 6.61 Å². The van der Waals surface area contributed by atoms with Crippen LogP contribution < -0.4 is 5.32 Å². The quantitative estimate of drug-likeness (QED) is 0.841. The van der Waals surface area contributed by atoms with Crippen molar-refractivity contribution in [3.63, 3.8) is 0 Å². The third kappa shape index (κ3) is 2.48. The van der Waals surface area contributed by atoms with Crippen molar-refractivity contribution in [2.24, 2.45) is 10.8 Å². The minimum Gasteiger partial charge on any atom is -0.395 e. The number of aliphatic hydroxyl groups excluding tert-OH is 1. The summed E-state index contributed by atoms with van der Waals surface area (Å²) in [7, 11) is 0. The van der Waals surface area contributed by atoms with E-state index in [1.54, 1.807) is 0 Å². The Labute approximate surface area is 124 Å². The van der Waals surface area contributed by atoms with Gasteiger partial charge < -0.3 is 10.4 Å². The Hall–Kier alpha value is -1.31. The van der Waals surface area contributed by atoms with Crippen LogP contribution in [0.3, 0.4) is 0 Å². The summed E-state index contributed by atoms with van der Waals surface area (Å²) in [5, 5.41) is 13.7. The van der Waals surface area contributed by atoms with Crippen LogP contribution in [-0.2, 0) is 0 Å². The van der Waals surface area contributed by atoms with Gasteiger partial charge in [0.15, 0.2) is 0 Å². The summed E-state index contributed by atoms with van der Waals surface area (Å²) >= 11 is 1.41. The molecule has 1 amide bonds. The summed E-state index contributed by atoms with van der Waals surface area (Å²) in [4.78, 5) is 13.0. The van der Waals surface area contributed by atoms with Gasteiger partial charge in [-0.2, -0.15) is 0 Å². The maximum absolute atomic E-state index is 12.4. The van der Waals surface area contributed by atoms with Gasteiger partial charge in [0.2, 0.25) is 0 Å². The zero-order valence-corrected chi connectivity index (χ0v) is 13.2. The van der Waals surface area contributed by atoms with Gasteiger partial charge in [-0.15, -0.1) is 11.3 Å². The second-order valence-electron chi connectivity index (χ2n) is 6.29. The van der Waals surface area contributed by atoms with E-state index < -0.39 is 0 Å². The molecule has 0 aliphatic heterocycles. The fraction of sp³-hybridized carbons (Fsp3) is 0.562. The molecule has 0 atom stereocenters. The molecular weight excluding hydrogens is 270 g/mol. The number of carbonyl (C=O) groups is 1. The maximum Gasteiger partial charge on any atom is 0.262 e. The SMILES string of the molecule is CC1(C)C(NC(=O)c2sccc2C#CCCO)C1(C)C. The van der Waals surface area contributed by atoms with Crippen LogP contribution in [0.1, 0.15) is 49.4 Å². The molecule has 20 heavy (non-hydrogen) atoms. The van der Waals surface area contributed by atoms with Gasteiger partial charge in [-0.3, -0.25) is 4.79 Å². The van der Waals surface area contributed by atoms with Crippen LogP contribution >= 0.6 is 11.3 Å². The van der Waals surface area contributed by atoms with E-state index in [9.17, 15) is 4.79 Å². The highest BCUT2D eigenvalue weighted by molar-refractivity contribution is 7.12. The Morgan fingerprint density at radius 2 is 2.05 bits per heavy atom. The van der Waals surface area contributed by atoms with E-state index in [1.807, 2.05) is 11.4 Å². The van der Waals surface area contributed by atoms with Crippen LogP contribution in [0.4, 0.5) is 0 Å². The van der Waals surface area contributed by atoms with Crippen molar-refractivity contribution in [3.8, 4) is 11.8 Å². The van der Waals surface area contributed by atoms with Gasteiger partial charge in [-0.05, 0) is 22.3 Å². The lowest BCUT2D eigenvalue weighted by atomic mass is 10.0. The lowest BCUT2D eigenvalue weighted by Crippen LogP contribution is -2.29. The van der Waals surface area contributed by atoms with Crippen molar-refractivity contribution in [1.29, 1.82) is 0 Å². The minimum atomic E-state index is -0.0445. The van der Waals surface area contributed by atoms with Crippen LogP contribution in [0, 0.1) is 22.7 Å². The van der Waals surface area contributed by atoms with Crippen LogP contribution in [0.2, 0.25) is 0 Å². The molecule has 0 saturated heterocycles. The van der Waals surface area contributed by atoms with Gasteiger partial charge in [0.25, 0.3) is 5.91 Å². The molecule has 1 aliphatic carbocycles. The molecule has 4 heteroatoms. The van der Waals surface area contributed by atoms with Crippen LogP contribution in [0.15, 0.2) is 11.4 Å². The van der Waals surface area contributed by atoms with E-state index in [1.165, 1.54) is 11.3 Å². The fourth-order valence-electron chi connectivity index (χ4n) is 2.55. The van der Waals surface area contributed by atoms with E-state index in [0.29, 0.717) is 11.3 Å². The molecule has 2 rings (SSSR count). The number of aliphatic hydroxyl groups is 1. The smallest absolute Gasteiger partial charge is 0.262 e. The van der Waals surface area contributed by atoms with Gasteiger partial charge in [-0.1, -0.05) is 39.5 Å². The molecule has 1 aromatic rings. The Kier molecular flexibility index (Phi) is 3.95. The molecule has 0 radical (unpaired) electrons. The number of nitrogens with one attached hydrogen (secondary N) is 1. The first kappa shape index (κ1) is 15.1. The fourth-order valence-corrected chi connectivity index (χ4v) is 3.30. The second kappa shape index (κ2) is 5.23. The van der Waals surface area contributed by atoms with Gasteiger partial charge in [-0.25, -0.2) is 0 Å². The molecule has 1 fully saturated rings. The standard InChI is InChI=1S/C16H21NO2S/c1-15(2)14(16(15,3)4)17-13(19)12-11(8-10-20-12)7-5-6-9-18/h8,10,14,18H,6,9H2,1-4H3,(H,17,19). The van der Waals surface area contributed by atoms with E-state index in [0.717, 1.165) is 5.56 Å². The molecular formula is C16H21NO2S. The van der Waals surface area contributed by atoms with E-state index >= 15 is 0 Å². The molecule has 0 unspecified atom stereocenters. The summed E-state index contributed by atoms with van der Waals surface area (Å²) in [5.41, 5.74) is 1.00. The molecule has 1 aliphatic rings. The van der Waals surface area contributed by atoms with Crippen molar-refractivity contribution in [3.05, 3.63) is 21.9 Å². The molecule has 108 valence electrons. The summed E-state index contributed by atoms with van der Waals surface area (Å²) in [5.74, 6) is 5.77. The highest BCUT2D eigenvalue weighted by Crippen LogP contribution is 2.62. The number of amides is 1. The normalized spacial score (nSPS) is 19.1. The molecule has 1 aromatic heterocycles. The van der Waals surface area contributed by atoms with Crippen molar-refractivity contribution in [2.75, 3.05) is 6.61 Å². The highest BCUT2D eigenvalue weighted by atomic mass is 32.1.